The van der Waals surface area contributed by atoms with Crippen LogP contribution in [-0.2, 0) is 28.0 Å². The molecule has 7 nitrogen and oxygen atoms in total. The number of rotatable bonds is 4. The number of likely N-dealkylation sites (tertiary alicyclic amines) is 1. The van der Waals surface area contributed by atoms with Crippen molar-refractivity contribution >= 4 is 17.2 Å². The van der Waals surface area contributed by atoms with Crippen molar-refractivity contribution in [2.75, 3.05) is 32.9 Å². The van der Waals surface area contributed by atoms with Crippen molar-refractivity contribution in [2.45, 2.75) is 43.9 Å². The minimum atomic E-state index is -0.224. The van der Waals surface area contributed by atoms with E-state index in [1.54, 1.807) is 17.5 Å². The van der Waals surface area contributed by atoms with E-state index in [0.29, 0.717) is 6.61 Å². The van der Waals surface area contributed by atoms with Gasteiger partial charge in [-0.25, -0.2) is 0 Å². The van der Waals surface area contributed by atoms with Gasteiger partial charge in [0, 0.05) is 43.0 Å². The Bertz CT molecular complexity index is 821. The van der Waals surface area contributed by atoms with Crippen LogP contribution in [0.1, 0.15) is 45.1 Å². The molecule has 2 aromatic heterocycles. The van der Waals surface area contributed by atoms with Crippen molar-refractivity contribution in [3.8, 4) is 0 Å². The van der Waals surface area contributed by atoms with Crippen LogP contribution in [0, 0.1) is 0 Å². The number of carbonyl (C=O) groups is 1. The van der Waals surface area contributed by atoms with E-state index in [4.69, 9.17) is 9.47 Å². The summed E-state index contributed by atoms with van der Waals surface area (Å²) < 4.78 is 11.7. The van der Waals surface area contributed by atoms with Crippen molar-refractivity contribution in [3.63, 3.8) is 0 Å². The Morgan fingerprint density at radius 1 is 1.39 bits per heavy atom. The zero-order valence-corrected chi connectivity index (χ0v) is 16.7. The Morgan fingerprint density at radius 2 is 2.29 bits per heavy atom. The number of fused-ring (bicyclic) bond motifs is 2. The second-order valence-electron chi connectivity index (χ2n) is 7.95. The summed E-state index contributed by atoms with van der Waals surface area (Å²) in [7, 11) is 0. The number of nitrogens with one attached hydrogen (secondary N) is 2. The third kappa shape index (κ3) is 3.50. The number of aromatic nitrogens is 2. The standard InChI is InChI=1S/C20H26N4O3S/c25-19(22-16-3-9-26-13-16)17-11-14-2-10-27-20(18(14)28-17)4-7-24(8-5-20)12-15-1-6-21-23-15/h1,6,11,16H,2-5,7-10,12-13H2,(H,21,23)(H,22,25). The molecule has 3 aliphatic heterocycles. The minimum absolute atomic E-state index is 0.0294. The van der Waals surface area contributed by atoms with E-state index in [2.05, 4.69) is 26.5 Å². The van der Waals surface area contributed by atoms with Crippen molar-refractivity contribution in [1.82, 2.24) is 20.4 Å². The van der Waals surface area contributed by atoms with Crippen molar-refractivity contribution in [1.29, 1.82) is 0 Å². The average molecular weight is 403 g/mol. The van der Waals surface area contributed by atoms with E-state index in [9.17, 15) is 4.79 Å². The maximum atomic E-state index is 12.7. The Balaban J connectivity index is 1.29. The van der Waals surface area contributed by atoms with E-state index in [1.165, 1.54) is 10.4 Å². The summed E-state index contributed by atoms with van der Waals surface area (Å²) in [5.41, 5.74) is 2.22. The van der Waals surface area contributed by atoms with Crippen LogP contribution in [0.3, 0.4) is 0 Å². The topological polar surface area (TPSA) is 79.5 Å². The van der Waals surface area contributed by atoms with E-state index >= 15 is 0 Å². The van der Waals surface area contributed by atoms with Gasteiger partial charge in [0.05, 0.1) is 24.1 Å². The number of hydrogen-bond donors (Lipinski definition) is 2. The lowest BCUT2D eigenvalue weighted by molar-refractivity contribution is -0.0961. The lowest BCUT2D eigenvalue weighted by Gasteiger charge is -2.43. The first-order valence-electron chi connectivity index (χ1n) is 10.1. The monoisotopic (exact) mass is 402 g/mol. The summed E-state index contributed by atoms with van der Waals surface area (Å²) in [5.74, 6) is 0.0294. The molecule has 1 amide bonds. The number of carbonyl (C=O) groups excluding carboxylic acids is 1. The van der Waals surface area contributed by atoms with E-state index in [-0.39, 0.29) is 17.6 Å². The molecule has 28 heavy (non-hydrogen) atoms. The first-order chi connectivity index (χ1) is 13.7. The molecule has 2 N–H and O–H groups in total. The predicted molar refractivity (Wildman–Crippen MR) is 105 cm³/mol. The second kappa shape index (κ2) is 7.59. The number of nitrogens with zero attached hydrogens (tertiary/aromatic N) is 2. The highest BCUT2D eigenvalue weighted by Crippen LogP contribution is 2.45. The van der Waals surface area contributed by atoms with E-state index in [0.717, 1.165) is 69.1 Å². The molecule has 8 heteroatoms. The molecule has 150 valence electrons. The predicted octanol–water partition coefficient (Wildman–Crippen LogP) is 2.05. The molecular formula is C20H26N4O3S. The molecule has 2 aromatic rings. The lowest BCUT2D eigenvalue weighted by Crippen LogP contribution is -2.45. The van der Waals surface area contributed by atoms with Crippen molar-refractivity contribution < 1.29 is 14.3 Å². The average Bonchev–Trinajstić information content (AvgIpc) is 3.45. The van der Waals surface area contributed by atoms with Gasteiger partial charge in [0.1, 0.15) is 5.60 Å². The summed E-state index contributed by atoms with van der Waals surface area (Å²) >= 11 is 1.63. The Kier molecular flexibility index (Phi) is 4.96. The zero-order valence-electron chi connectivity index (χ0n) is 15.9. The highest BCUT2D eigenvalue weighted by molar-refractivity contribution is 7.14. The molecule has 5 heterocycles. The van der Waals surface area contributed by atoms with Crippen molar-refractivity contribution in [3.05, 3.63) is 39.3 Å². The first-order valence-corrected chi connectivity index (χ1v) is 10.9. The highest BCUT2D eigenvalue weighted by atomic mass is 32.1. The van der Waals surface area contributed by atoms with Gasteiger partial charge in [0.25, 0.3) is 5.91 Å². The quantitative estimate of drug-likeness (QED) is 0.818. The third-order valence-electron chi connectivity index (χ3n) is 6.08. The van der Waals surface area contributed by atoms with Crippen LogP contribution in [0.5, 0.6) is 0 Å². The molecule has 0 saturated carbocycles. The van der Waals surface area contributed by atoms with Crippen molar-refractivity contribution in [2.24, 2.45) is 0 Å². The number of thiophene rings is 1. The molecule has 2 fully saturated rings. The smallest absolute Gasteiger partial charge is 0.261 e. The Hall–Kier alpha value is -1.74. The molecule has 3 aliphatic rings. The number of piperidine rings is 1. The third-order valence-corrected chi connectivity index (χ3v) is 7.44. The van der Waals surface area contributed by atoms with Gasteiger partial charge >= 0.3 is 0 Å². The Morgan fingerprint density at radius 3 is 3.04 bits per heavy atom. The van der Waals surface area contributed by atoms with Crippen LogP contribution < -0.4 is 5.32 Å². The van der Waals surface area contributed by atoms with Crippen LogP contribution in [0.4, 0.5) is 0 Å². The molecule has 1 spiro atoms. The summed E-state index contributed by atoms with van der Waals surface area (Å²) in [4.78, 5) is 17.2. The van der Waals surface area contributed by atoms with E-state index < -0.39 is 0 Å². The van der Waals surface area contributed by atoms with Gasteiger partial charge in [-0.05, 0) is 43.4 Å². The van der Waals surface area contributed by atoms with Crippen LogP contribution in [-0.4, -0.2) is 60.0 Å². The van der Waals surface area contributed by atoms with Crippen LogP contribution >= 0.6 is 11.3 Å². The minimum Gasteiger partial charge on any atom is -0.379 e. The number of ether oxygens (including phenoxy) is 2. The van der Waals surface area contributed by atoms with Gasteiger partial charge in [0.2, 0.25) is 0 Å². The fourth-order valence-corrected chi connectivity index (χ4v) is 5.81. The molecule has 0 bridgehead atoms. The lowest BCUT2D eigenvalue weighted by atomic mass is 9.85. The number of H-pyrrole nitrogens is 1. The number of aromatic amines is 1. The summed E-state index contributed by atoms with van der Waals surface area (Å²) in [6, 6.07) is 4.26. The summed E-state index contributed by atoms with van der Waals surface area (Å²) in [5, 5.41) is 10.2. The summed E-state index contributed by atoms with van der Waals surface area (Å²) in [6.07, 6.45) is 5.52. The van der Waals surface area contributed by atoms with E-state index in [1.807, 2.05) is 6.07 Å². The maximum Gasteiger partial charge on any atom is 0.261 e. The van der Waals surface area contributed by atoms with Crippen LogP contribution in [0.15, 0.2) is 18.3 Å². The maximum absolute atomic E-state index is 12.7. The normalized spacial score (nSPS) is 24.4. The van der Waals surface area contributed by atoms with Crippen LogP contribution in [0.2, 0.25) is 0 Å². The summed E-state index contributed by atoms with van der Waals surface area (Å²) in [6.45, 7) is 4.95. The number of amides is 1. The molecule has 0 aromatic carbocycles. The zero-order chi connectivity index (χ0) is 19.0. The Labute approximate surface area is 168 Å². The first kappa shape index (κ1) is 18.3. The number of hydrogen-bond acceptors (Lipinski definition) is 6. The molecule has 0 aliphatic carbocycles. The molecule has 1 atom stereocenters. The highest BCUT2D eigenvalue weighted by Gasteiger charge is 2.42. The molecule has 2 saturated heterocycles. The molecule has 1 unspecified atom stereocenters. The molecule has 5 rings (SSSR count). The fraction of sp³-hybridized carbons (Fsp3) is 0.600. The van der Waals surface area contributed by atoms with Gasteiger partial charge < -0.3 is 14.8 Å². The largest absolute Gasteiger partial charge is 0.379 e. The molecular weight excluding hydrogens is 376 g/mol. The van der Waals surface area contributed by atoms with Gasteiger partial charge in [-0.1, -0.05) is 0 Å². The SMILES string of the molecule is O=C(NC1CCOC1)c1cc2c(s1)C1(CCN(Cc3ccn[nH]3)CC1)OCC2. The van der Waals surface area contributed by atoms with Gasteiger partial charge in [0.15, 0.2) is 0 Å². The van der Waals surface area contributed by atoms with Gasteiger partial charge in [-0.2, -0.15) is 5.10 Å². The van der Waals surface area contributed by atoms with Gasteiger partial charge in [-0.3, -0.25) is 14.8 Å². The van der Waals surface area contributed by atoms with Crippen LogP contribution in [0.25, 0.3) is 0 Å². The molecule has 0 radical (unpaired) electrons. The fourth-order valence-electron chi connectivity index (χ4n) is 4.50. The van der Waals surface area contributed by atoms with Gasteiger partial charge in [-0.15, -0.1) is 11.3 Å². The second-order valence-corrected chi connectivity index (χ2v) is 9.00.